The second-order valence-corrected chi connectivity index (χ2v) is 4.70. The Morgan fingerprint density at radius 3 is 3.18 bits per heavy atom. The number of nitrogen functional groups attached to an aromatic ring is 1. The second kappa shape index (κ2) is 5.77. The van der Waals surface area contributed by atoms with Gasteiger partial charge in [-0.1, -0.05) is 0 Å². The van der Waals surface area contributed by atoms with Gasteiger partial charge in [0.15, 0.2) is 0 Å². The molecule has 92 valence electrons. The van der Waals surface area contributed by atoms with E-state index in [0.29, 0.717) is 30.4 Å². The first-order chi connectivity index (χ1) is 8.24. The molecule has 2 rings (SSSR count). The highest BCUT2D eigenvalue weighted by Crippen LogP contribution is 2.15. The van der Waals surface area contributed by atoms with E-state index in [1.165, 1.54) is 6.42 Å². The van der Waals surface area contributed by atoms with Crippen molar-refractivity contribution in [2.45, 2.75) is 25.7 Å². The SMILES string of the molecule is Nc1cc(CC(=O)CCC2CCNC2)ccn1. The van der Waals surface area contributed by atoms with Crippen LogP contribution in [0.4, 0.5) is 5.82 Å². The van der Waals surface area contributed by atoms with Crippen molar-refractivity contribution < 1.29 is 4.79 Å². The number of pyridine rings is 1. The zero-order chi connectivity index (χ0) is 12.1. The predicted octanol–water partition coefficient (Wildman–Crippen LogP) is 1.17. The van der Waals surface area contributed by atoms with Crippen LogP contribution in [0.5, 0.6) is 0 Å². The van der Waals surface area contributed by atoms with Crippen molar-refractivity contribution in [3.8, 4) is 0 Å². The van der Waals surface area contributed by atoms with Gasteiger partial charge in [-0.3, -0.25) is 4.79 Å². The molecular formula is C13H19N3O. The summed E-state index contributed by atoms with van der Waals surface area (Å²) < 4.78 is 0. The number of Topliss-reactive ketones (excluding diaryl/α,β-unsaturated/α-hetero) is 1. The quantitative estimate of drug-likeness (QED) is 0.801. The molecule has 1 unspecified atom stereocenters. The van der Waals surface area contributed by atoms with Crippen LogP contribution in [-0.2, 0) is 11.2 Å². The number of aromatic nitrogens is 1. The topological polar surface area (TPSA) is 68.0 Å². The lowest BCUT2D eigenvalue weighted by Gasteiger charge is -2.07. The van der Waals surface area contributed by atoms with E-state index in [0.717, 1.165) is 25.1 Å². The molecule has 1 fully saturated rings. The fourth-order valence-corrected chi connectivity index (χ4v) is 2.25. The maximum absolute atomic E-state index is 11.8. The molecule has 17 heavy (non-hydrogen) atoms. The average Bonchev–Trinajstić information content (AvgIpc) is 2.79. The highest BCUT2D eigenvalue weighted by molar-refractivity contribution is 5.80. The smallest absolute Gasteiger partial charge is 0.137 e. The number of anilines is 1. The molecule has 1 atom stereocenters. The molecule has 1 saturated heterocycles. The lowest BCUT2D eigenvalue weighted by atomic mass is 9.98. The van der Waals surface area contributed by atoms with Crippen LogP contribution in [0.2, 0.25) is 0 Å². The van der Waals surface area contributed by atoms with E-state index in [1.54, 1.807) is 12.3 Å². The summed E-state index contributed by atoms with van der Waals surface area (Å²) in [6, 6.07) is 3.63. The number of ketones is 1. The Morgan fingerprint density at radius 1 is 1.59 bits per heavy atom. The van der Waals surface area contributed by atoms with Crippen LogP contribution in [0.15, 0.2) is 18.3 Å². The molecular weight excluding hydrogens is 214 g/mol. The van der Waals surface area contributed by atoms with Gasteiger partial charge in [0.05, 0.1) is 0 Å². The summed E-state index contributed by atoms with van der Waals surface area (Å²) in [7, 11) is 0. The van der Waals surface area contributed by atoms with E-state index in [2.05, 4.69) is 10.3 Å². The third-order valence-electron chi connectivity index (χ3n) is 3.24. The van der Waals surface area contributed by atoms with E-state index in [4.69, 9.17) is 5.73 Å². The highest BCUT2D eigenvalue weighted by Gasteiger charge is 2.15. The Balaban J connectivity index is 1.76. The minimum absolute atomic E-state index is 0.294. The maximum Gasteiger partial charge on any atom is 0.137 e. The Labute approximate surface area is 102 Å². The summed E-state index contributed by atoms with van der Waals surface area (Å²) in [5.74, 6) is 1.46. The fourth-order valence-electron chi connectivity index (χ4n) is 2.25. The van der Waals surface area contributed by atoms with E-state index in [1.807, 2.05) is 6.07 Å². The van der Waals surface area contributed by atoms with Gasteiger partial charge < -0.3 is 11.1 Å². The Bertz CT molecular complexity index is 386. The largest absolute Gasteiger partial charge is 0.384 e. The van der Waals surface area contributed by atoms with Crippen molar-refractivity contribution in [2.75, 3.05) is 18.8 Å². The summed E-state index contributed by atoms with van der Waals surface area (Å²) in [6.45, 7) is 2.16. The number of rotatable bonds is 5. The zero-order valence-corrected chi connectivity index (χ0v) is 9.98. The molecule has 0 saturated carbocycles. The minimum atomic E-state index is 0.294. The molecule has 0 radical (unpaired) electrons. The summed E-state index contributed by atoms with van der Waals surface area (Å²) >= 11 is 0. The van der Waals surface area contributed by atoms with Crippen molar-refractivity contribution in [1.82, 2.24) is 10.3 Å². The van der Waals surface area contributed by atoms with Gasteiger partial charge in [-0.25, -0.2) is 4.98 Å². The maximum atomic E-state index is 11.8. The van der Waals surface area contributed by atoms with Gasteiger partial charge in [-0.2, -0.15) is 0 Å². The third-order valence-corrected chi connectivity index (χ3v) is 3.24. The first-order valence-electron chi connectivity index (χ1n) is 6.17. The fraction of sp³-hybridized carbons (Fsp3) is 0.538. The van der Waals surface area contributed by atoms with Crippen LogP contribution < -0.4 is 11.1 Å². The summed E-state index contributed by atoms with van der Waals surface area (Å²) in [5, 5.41) is 3.32. The zero-order valence-electron chi connectivity index (χ0n) is 9.98. The summed E-state index contributed by atoms with van der Waals surface area (Å²) in [4.78, 5) is 15.7. The lowest BCUT2D eigenvalue weighted by Crippen LogP contribution is -2.11. The van der Waals surface area contributed by atoms with Gasteiger partial charge in [0.1, 0.15) is 11.6 Å². The van der Waals surface area contributed by atoms with Gasteiger partial charge in [-0.05, 0) is 49.5 Å². The Morgan fingerprint density at radius 2 is 2.47 bits per heavy atom. The monoisotopic (exact) mass is 233 g/mol. The molecule has 4 heteroatoms. The molecule has 0 bridgehead atoms. The van der Waals surface area contributed by atoms with Crippen molar-refractivity contribution in [2.24, 2.45) is 5.92 Å². The van der Waals surface area contributed by atoms with Crippen LogP contribution in [0.3, 0.4) is 0 Å². The molecule has 1 aromatic rings. The van der Waals surface area contributed by atoms with Gasteiger partial charge in [0.2, 0.25) is 0 Å². The average molecular weight is 233 g/mol. The lowest BCUT2D eigenvalue weighted by molar-refractivity contribution is -0.118. The van der Waals surface area contributed by atoms with Crippen molar-refractivity contribution >= 4 is 11.6 Å². The molecule has 1 aliphatic rings. The summed E-state index contributed by atoms with van der Waals surface area (Å²) in [6.07, 6.45) is 5.02. The highest BCUT2D eigenvalue weighted by atomic mass is 16.1. The van der Waals surface area contributed by atoms with Crippen LogP contribution >= 0.6 is 0 Å². The van der Waals surface area contributed by atoms with Gasteiger partial charge in [0, 0.05) is 19.0 Å². The van der Waals surface area contributed by atoms with E-state index in [-0.39, 0.29) is 0 Å². The van der Waals surface area contributed by atoms with Crippen molar-refractivity contribution in [3.63, 3.8) is 0 Å². The molecule has 3 N–H and O–H groups in total. The Kier molecular flexibility index (Phi) is 4.09. The number of nitrogens with zero attached hydrogens (tertiary/aromatic N) is 1. The number of nitrogens with one attached hydrogen (secondary N) is 1. The molecule has 0 amide bonds. The van der Waals surface area contributed by atoms with Crippen LogP contribution in [0.25, 0.3) is 0 Å². The normalized spacial score (nSPS) is 19.4. The van der Waals surface area contributed by atoms with E-state index >= 15 is 0 Å². The van der Waals surface area contributed by atoms with Crippen LogP contribution in [-0.4, -0.2) is 23.9 Å². The molecule has 0 spiro atoms. The van der Waals surface area contributed by atoms with E-state index in [9.17, 15) is 4.79 Å². The number of nitrogens with two attached hydrogens (primary N) is 1. The van der Waals surface area contributed by atoms with Gasteiger partial charge in [0.25, 0.3) is 0 Å². The number of hydrogen-bond donors (Lipinski definition) is 2. The van der Waals surface area contributed by atoms with Gasteiger partial charge in [-0.15, -0.1) is 0 Å². The molecule has 4 nitrogen and oxygen atoms in total. The van der Waals surface area contributed by atoms with E-state index < -0.39 is 0 Å². The van der Waals surface area contributed by atoms with Crippen LogP contribution in [0, 0.1) is 5.92 Å². The molecule has 1 aromatic heterocycles. The van der Waals surface area contributed by atoms with Crippen molar-refractivity contribution in [1.29, 1.82) is 0 Å². The summed E-state index contributed by atoms with van der Waals surface area (Å²) in [5.41, 5.74) is 6.54. The molecule has 0 aliphatic carbocycles. The second-order valence-electron chi connectivity index (χ2n) is 4.70. The number of hydrogen-bond acceptors (Lipinski definition) is 4. The van der Waals surface area contributed by atoms with Crippen LogP contribution in [0.1, 0.15) is 24.8 Å². The standard InChI is InChI=1S/C13H19N3O/c14-13-8-11(4-6-16-13)7-12(17)2-1-10-3-5-15-9-10/h4,6,8,10,15H,1-3,5,7,9H2,(H2,14,16). The van der Waals surface area contributed by atoms with Gasteiger partial charge >= 0.3 is 0 Å². The first kappa shape index (κ1) is 12.0. The predicted molar refractivity (Wildman–Crippen MR) is 67.6 cm³/mol. The Hall–Kier alpha value is -1.42. The molecule has 1 aliphatic heterocycles. The number of carbonyl (C=O) groups is 1. The third kappa shape index (κ3) is 3.82. The minimum Gasteiger partial charge on any atom is -0.384 e. The number of carbonyl (C=O) groups excluding carboxylic acids is 1. The molecule has 2 heterocycles. The first-order valence-corrected chi connectivity index (χ1v) is 6.17. The van der Waals surface area contributed by atoms with Crippen molar-refractivity contribution in [3.05, 3.63) is 23.9 Å². The molecule has 0 aromatic carbocycles.